The van der Waals surface area contributed by atoms with Crippen molar-refractivity contribution in [2.24, 2.45) is 0 Å². The summed E-state index contributed by atoms with van der Waals surface area (Å²) in [5.41, 5.74) is 17.0. The van der Waals surface area contributed by atoms with E-state index in [1.54, 1.807) is 59.8 Å². The van der Waals surface area contributed by atoms with Crippen molar-refractivity contribution in [2.45, 2.75) is 146 Å². The first-order chi connectivity index (χ1) is 72.7. The molecule has 0 saturated carbocycles. The van der Waals surface area contributed by atoms with E-state index in [1.165, 1.54) is 53.6 Å². The average molecular weight is 2040 g/mol. The first kappa shape index (κ1) is 109. The van der Waals surface area contributed by atoms with E-state index in [0.717, 1.165) is 291 Å². The molecule has 4 N–H and O–H groups in total. The molecule has 19 rings (SSSR count). The van der Waals surface area contributed by atoms with Crippen LogP contribution >= 0.6 is 0 Å². The minimum absolute atomic E-state index is 0.0263. The number of halogens is 4. The number of fused-ring (bicyclic) bond motifs is 4. The zero-order valence-electron chi connectivity index (χ0n) is 86.4. The second-order valence-electron chi connectivity index (χ2n) is 38.4. The number of rotatable bonds is 43. The van der Waals surface area contributed by atoms with Crippen molar-refractivity contribution in [3.63, 3.8) is 0 Å². The van der Waals surface area contributed by atoms with Gasteiger partial charge in [0, 0.05) is 137 Å². The lowest BCUT2D eigenvalue weighted by molar-refractivity contribution is 0.0105. The number of nitrogens with zero attached hydrogens (tertiary/aromatic N) is 4. The van der Waals surface area contributed by atoms with Crippen LogP contribution in [-0.2, 0) is 84.1 Å². The van der Waals surface area contributed by atoms with Crippen molar-refractivity contribution >= 4 is 22.7 Å². The van der Waals surface area contributed by atoms with E-state index < -0.39 is 11.6 Å². The molecular weight excluding hydrogens is 1890 g/mol. The van der Waals surface area contributed by atoms with Crippen LogP contribution in [0.3, 0.4) is 0 Å². The standard InChI is InChI=1S/C32H40N2O5.C31H36F2N2O4.C31H37FN2O4.C25H33FN2O4/c1-35-18-5-16-34-17-19-37-29-13-10-25(20-28(29)34)23-39-32-21-33-15-14-27(32)26-11-8-24(9-12-26)22-38-31-7-4-3-6-30(31)36-2;1-36-15-2-13-35-14-16-37-30-9-5-23(17-28(30)35)21-39-31-19-34-12-11-26(31)24-6-3-22(4-7-24)20-38-29-10-8-25(32)18-27(29)33;1-35-17-2-15-34-16-18-36-30-12-5-24(19-29(30)34)22-38-31-20-33-14-13-28(31)25-6-3-23(4-7-25)21-37-27-10-8-26(32)9-11-27;1-29-12-3-10-28-11-13-31-24-6-4-18(14-22(24)28)17-32-25-16-27-9-8-20(25)19-5-7-23(30-2)21(26)15-19/h3-4,6-13,20,27,32-33H,5,14-19,21-23H2,1-2H3;3-10,17-18,26,31,34H,2,11-16,19-21H2,1H3;3-12,19,28,31,33H,2,13-18,20-22H2,1H3;4-7,14-15,20,25,27H,3,8-13,16-17H2,1-2H3/t27-,32+;26-,31+;28-,31+;20-,25+/m1111/s1. The van der Waals surface area contributed by atoms with Crippen LogP contribution in [0.5, 0.6) is 51.7 Å². The summed E-state index contributed by atoms with van der Waals surface area (Å²) < 4.78 is 153. The summed E-state index contributed by atoms with van der Waals surface area (Å²) in [6, 6.07) is 73.4. The molecule has 0 unspecified atom stereocenters. The molecule has 4 fully saturated rings. The average Bonchev–Trinajstić information content (AvgIpc) is 0.817. The second-order valence-corrected chi connectivity index (χ2v) is 38.4. The zero-order valence-corrected chi connectivity index (χ0v) is 86.4. The van der Waals surface area contributed by atoms with Crippen LogP contribution in [0.25, 0.3) is 0 Å². The van der Waals surface area contributed by atoms with Crippen LogP contribution in [-0.4, -0.2) is 225 Å². The summed E-state index contributed by atoms with van der Waals surface area (Å²) in [6.07, 6.45) is 8.12. The fourth-order valence-corrected chi connectivity index (χ4v) is 20.4. The number of nitrogens with one attached hydrogen (secondary N) is 4. The predicted octanol–water partition coefficient (Wildman–Crippen LogP) is 19.6. The van der Waals surface area contributed by atoms with E-state index in [4.69, 9.17) is 80.5 Å². The Hall–Kier alpha value is -11.9. The third-order valence-corrected chi connectivity index (χ3v) is 28.4. The molecule has 8 heterocycles. The molecule has 0 spiro atoms. The molecule has 148 heavy (non-hydrogen) atoms. The van der Waals surface area contributed by atoms with Gasteiger partial charge in [-0.3, -0.25) is 0 Å². The highest BCUT2D eigenvalue weighted by atomic mass is 19.1. The highest BCUT2D eigenvalue weighted by molar-refractivity contribution is 5.65. The molecule has 8 aliphatic rings. The largest absolute Gasteiger partial charge is 0.494 e. The first-order valence-corrected chi connectivity index (χ1v) is 52.3. The topological polar surface area (TPSA) is 218 Å². The van der Waals surface area contributed by atoms with Crippen LogP contribution in [0, 0.1) is 23.3 Å². The highest BCUT2D eigenvalue weighted by Crippen LogP contribution is 2.42. The number of para-hydroxylation sites is 2. The number of hydrogen-bond donors (Lipinski definition) is 4. The van der Waals surface area contributed by atoms with Crippen LogP contribution in [0.1, 0.15) is 136 Å². The van der Waals surface area contributed by atoms with Gasteiger partial charge in [-0.15, -0.1) is 0 Å². The number of ether oxygens (including phenoxy) is 17. The van der Waals surface area contributed by atoms with E-state index >= 15 is 0 Å². The lowest BCUT2D eigenvalue weighted by atomic mass is 9.87. The van der Waals surface area contributed by atoms with E-state index in [9.17, 15) is 17.6 Å². The Morgan fingerprint density at radius 2 is 0.588 bits per heavy atom. The van der Waals surface area contributed by atoms with Gasteiger partial charge >= 0.3 is 0 Å². The maximum atomic E-state index is 14.3. The molecule has 11 aromatic carbocycles. The van der Waals surface area contributed by atoms with Gasteiger partial charge in [0.1, 0.15) is 86.6 Å². The maximum Gasteiger partial charge on any atom is 0.167 e. The van der Waals surface area contributed by atoms with Crippen molar-refractivity contribution in [1.82, 2.24) is 21.3 Å². The molecule has 8 atom stereocenters. The summed E-state index contributed by atoms with van der Waals surface area (Å²) in [4.78, 5) is 9.49. The molecule has 0 aromatic heterocycles. The van der Waals surface area contributed by atoms with Gasteiger partial charge in [0.05, 0.1) is 114 Å². The Labute approximate surface area is 869 Å². The van der Waals surface area contributed by atoms with E-state index in [1.807, 2.05) is 54.6 Å². The quantitative estimate of drug-likeness (QED) is 0.0206. The molecule has 25 nitrogen and oxygen atoms in total. The third kappa shape index (κ3) is 31.1. The van der Waals surface area contributed by atoms with Gasteiger partial charge in [-0.1, -0.05) is 115 Å². The number of benzene rings is 11. The monoisotopic (exact) mass is 2040 g/mol. The Morgan fingerprint density at radius 3 is 0.926 bits per heavy atom. The smallest absolute Gasteiger partial charge is 0.167 e. The van der Waals surface area contributed by atoms with Gasteiger partial charge < -0.3 is 121 Å². The van der Waals surface area contributed by atoms with Gasteiger partial charge in [-0.05, 0) is 248 Å². The lowest BCUT2D eigenvalue weighted by Gasteiger charge is -2.33. The minimum atomic E-state index is -0.702. The third-order valence-electron chi connectivity index (χ3n) is 28.4. The van der Waals surface area contributed by atoms with Crippen molar-refractivity contribution in [3.05, 3.63) is 315 Å². The van der Waals surface area contributed by atoms with Gasteiger partial charge in [-0.2, -0.15) is 0 Å². The van der Waals surface area contributed by atoms with Crippen LogP contribution in [0.15, 0.2) is 231 Å². The number of anilines is 4. The van der Waals surface area contributed by atoms with Crippen LogP contribution in [0.4, 0.5) is 40.3 Å². The van der Waals surface area contributed by atoms with Gasteiger partial charge in [0.15, 0.2) is 34.6 Å². The normalized spacial score (nSPS) is 19.3. The van der Waals surface area contributed by atoms with Gasteiger partial charge in [-0.25, -0.2) is 17.6 Å². The summed E-state index contributed by atoms with van der Waals surface area (Å²) in [5.74, 6) is 5.38. The van der Waals surface area contributed by atoms with Crippen molar-refractivity contribution < 1.29 is 98.1 Å². The fourth-order valence-electron chi connectivity index (χ4n) is 20.4. The lowest BCUT2D eigenvalue weighted by Crippen LogP contribution is -2.41. The Morgan fingerprint density at radius 1 is 0.284 bits per heavy atom. The predicted molar refractivity (Wildman–Crippen MR) is 569 cm³/mol. The fraction of sp³-hybridized carbons (Fsp3) is 0.445. The summed E-state index contributed by atoms with van der Waals surface area (Å²) >= 11 is 0. The maximum absolute atomic E-state index is 14.3. The molecule has 29 heteroatoms. The molecular formula is C119H146F4N8O17. The van der Waals surface area contributed by atoms with Crippen molar-refractivity contribution in [1.29, 1.82) is 0 Å². The van der Waals surface area contributed by atoms with Gasteiger partial charge in [0.2, 0.25) is 0 Å². The summed E-state index contributed by atoms with van der Waals surface area (Å²) in [7, 11) is 10.1. The first-order valence-electron chi connectivity index (χ1n) is 52.3. The minimum Gasteiger partial charge on any atom is -0.494 e. The Kier molecular flexibility index (Phi) is 42.0. The molecule has 0 radical (unpaired) electrons. The number of hydrogen-bond acceptors (Lipinski definition) is 25. The van der Waals surface area contributed by atoms with E-state index in [0.29, 0.717) is 77.0 Å². The van der Waals surface area contributed by atoms with Crippen LogP contribution < -0.4 is 83.5 Å². The molecule has 0 amide bonds. The highest BCUT2D eigenvalue weighted by Gasteiger charge is 2.34. The summed E-state index contributed by atoms with van der Waals surface area (Å²) in [5, 5.41) is 13.9. The van der Waals surface area contributed by atoms with E-state index in [2.05, 4.69) is 162 Å². The molecule has 792 valence electrons. The molecule has 0 bridgehead atoms. The number of methoxy groups -OCH3 is 6. The number of piperidine rings is 4. The summed E-state index contributed by atoms with van der Waals surface area (Å²) in [6.45, 7) is 23.5. The molecule has 11 aromatic rings. The van der Waals surface area contributed by atoms with Crippen LogP contribution in [0.2, 0.25) is 0 Å². The Bertz CT molecular complexity index is 5870. The molecule has 4 saturated heterocycles. The van der Waals surface area contributed by atoms with Gasteiger partial charge in [0.25, 0.3) is 0 Å². The van der Waals surface area contributed by atoms with Crippen molar-refractivity contribution in [2.75, 3.05) is 220 Å². The zero-order chi connectivity index (χ0) is 102. The Balaban J connectivity index is 0.000000141. The van der Waals surface area contributed by atoms with Crippen molar-refractivity contribution in [3.8, 4) is 51.7 Å². The SMILES string of the molecule is COCCCN1CCOc2ccc(CO[C@H]3CNCC[C@@H]3c3ccc(COc4ccc(F)cc4)cc3)cc21.COCCCN1CCOc2ccc(CO[C@H]3CNCC[C@@H]3c3ccc(COc4ccc(F)cc4F)cc3)cc21.COCCCN1CCOc2ccc(CO[C@H]3CNCC[C@@H]3c3ccc(COc4ccccc4OC)cc3)cc21.COCCCN1CCOc2ccc(CO[C@H]3CNCC[C@@H]3c3ccc(OC)c(F)c3)cc21. The molecule has 0 aliphatic carbocycles. The molecule has 8 aliphatic heterocycles. The van der Waals surface area contributed by atoms with E-state index in [-0.39, 0.29) is 66.0 Å². The second kappa shape index (κ2) is 57.2.